The van der Waals surface area contributed by atoms with Crippen LogP contribution < -0.4 is 14.9 Å². The molecule has 8 heteroatoms. The third kappa shape index (κ3) is 6.27. The Hall–Kier alpha value is -3.65. The van der Waals surface area contributed by atoms with Gasteiger partial charge in [-0.15, -0.1) is 0 Å². The number of amides is 2. The Bertz CT molecular complexity index is 1310. The van der Waals surface area contributed by atoms with Crippen molar-refractivity contribution in [1.29, 1.82) is 0 Å². The molecule has 0 aliphatic heterocycles. The van der Waals surface area contributed by atoms with Gasteiger partial charge in [-0.05, 0) is 63.1 Å². The molecule has 0 spiro atoms. The number of nitrogens with one attached hydrogen (secondary N) is 2. The number of rotatable bonds is 9. The van der Waals surface area contributed by atoms with E-state index in [0.29, 0.717) is 16.9 Å². The second-order valence-corrected chi connectivity index (χ2v) is 10.4. The van der Waals surface area contributed by atoms with E-state index in [2.05, 4.69) is 10.6 Å². The second-order valence-electron chi connectivity index (χ2n) is 8.49. The molecule has 0 unspecified atom stereocenters. The highest BCUT2D eigenvalue weighted by Crippen LogP contribution is 2.28. The maximum absolute atomic E-state index is 13.6. The normalized spacial score (nSPS) is 12.0. The summed E-state index contributed by atoms with van der Waals surface area (Å²) in [4.78, 5) is 26.0. The zero-order chi connectivity index (χ0) is 25.6. The van der Waals surface area contributed by atoms with E-state index in [0.717, 1.165) is 21.9 Å². The smallest absolute Gasteiger partial charge is 0.264 e. The van der Waals surface area contributed by atoms with E-state index in [-0.39, 0.29) is 16.8 Å². The second kappa shape index (κ2) is 11.2. The summed E-state index contributed by atoms with van der Waals surface area (Å²) in [6.45, 7) is 7.13. The number of carbonyl (C=O) groups excluding carboxylic acids is 2. The lowest BCUT2D eigenvalue weighted by Gasteiger charge is -2.26. The molecule has 0 saturated heterocycles. The van der Waals surface area contributed by atoms with Gasteiger partial charge in [-0.1, -0.05) is 55.0 Å². The number of benzene rings is 3. The summed E-state index contributed by atoms with van der Waals surface area (Å²) in [5, 5.41) is 5.62. The van der Waals surface area contributed by atoms with Gasteiger partial charge in [0.1, 0.15) is 6.54 Å². The monoisotopic (exact) mass is 493 g/mol. The van der Waals surface area contributed by atoms with Crippen molar-refractivity contribution in [2.24, 2.45) is 0 Å². The van der Waals surface area contributed by atoms with Gasteiger partial charge in [0.2, 0.25) is 5.91 Å². The zero-order valence-electron chi connectivity index (χ0n) is 20.4. The Balaban J connectivity index is 1.94. The van der Waals surface area contributed by atoms with Crippen LogP contribution in [0.2, 0.25) is 0 Å². The molecular formula is C27H31N3O4S. The van der Waals surface area contributed by atoms with Gasteiger partial charge < -0.3 is 10.6 Å². The minimum Gasteiger partial charge on any atom is -0.350 e. The van der Waals surface area contributed by atoms with Crippen molar-refractivity contribution in [3.63, 3.8) is 0 Å². The zero-order valence-corrected chi connectivity index (χ0v) is 21.2. The van der Waals surface area contributed by atoms with Crippen molar-refractivity contribution in [3.05, 3.63) is 89.5 Å². The van der Waals surface area contributed by atoms with Gasteiger partial charge >= 0.3 is 0 Å². The predicted octanol–water partition coefficient (Wildman–Crippen LogP) is 4.67. The van der Waals surface area contributed by atoms with E-state index < -0.39 is 22.5 Å². The van der Waals surface area contributed by atoms with Gasteiger partial charge in [0.15, 0.2) is 0 Å². The summed E-state index contributed by atoms with van der Waals surface area (Å²) in [7, 11) is -4.03. The van der Waals surface area contributed by atoms with Crippen LogP contribution in [0.4, 0.5) is 11.4 Å². The fourth-order valence-electron chi connectivity index (χ4n) is 3.62. The van der Waals surface area contributed by atoms with Gasteiger partial charge in [-0.25, -0.2) is 8.42 Å². The molecule has 0 aromatic heterocycles. The molecule has 0 saturated carbocycles. The summed E-state index contributed by atoms with van der Waals surface area (Å²) in [5.41, 5.74) is 2.75. The van der Waals surface area contributed by atoms with Crippen LogP contribution in [-0.2, 0) is 14.8 Å². The highest BCUT2D eigenvalue weighted by molar-refractivity contribution is 7.92. The highest BCUT2D eigenvalue weighted by atomic mass is 32.2. The van der Waals surface area contributed by atoms with Crippen LogP contribution in [0.25, 0.3) is 0 Å². The molecule has 0 heterocycles. The first-order valence-corrected chi connectivity index (χ1v) is 12.9. The fraction of sp³-hybridized carbons (Fsp3) is 0.259. The third-order valence-corrected chi connectivity index (χ3v) is 7.45. The van der Waals surface area contributed by atoms with Crippen molar-refractivity contribution in [3.8, 4) is 0 Å². The molecular weight excluding hydrogens is 462 g/mol. The molecule has 3 aromatic carbocycles. The van der Waals surface area contributed by atoms with Gasteiger partial charge in [0.25, 0.3) is 15.9 Å². The number of nitrogens with zero attached hydrogens (tertiary/aromatic N) is 1. The van der Waals surface area contributed by atoms with E-state index in [4.69, 9.17) is 0 Å². The molecule has 7 nitrogen and oxygen atoms in total. The number of anilines is 2. The molecule has 3 rings (SSSR count). The average Bonchev–Trinajstić information content (AvgIpc) is 2.83. The Labute approximate surface area is 207 Å². The quantitative estimate of drug-likeness (QED) is 0.453. The standard InChI is InChI=1S/C27H31N3O4S/c1-5-21(4)28-27(32)23-13-9-10-14-24(23)29-26(31)18-30(25-16-15-19(2)17-20(25)3)35(33,34)22-11-7-6-8-12-22/h6-17,21H,5,18H2,1-4H3,(H,28,32)(H,29,31)/t21-/m0/s1. The lowest BCUT2D eigenvalue weighted by Crippen LogP contribution is -2.39. The maximum atomic E-state index is 13.6. The van der Waals surface area contributed by atoms with Gasteiger partial charge in [-0.2, -0.15) is 0 Å². The Morgan fingerprint density at radius 3 is 2.26 bits per heavy atom. The number of sulfonamides is 1. The van der Waals surface area contributed by atoms with Gasteiger partial charge in [0.05, 0.1) is 21.8 Å². The van der Waals surface area contributed by atoms with Crippen LogP contribution in [0.1, 0.15) is 41.8 Å². The van der Waals surface area contributed by atoms with Crippen molar-refractivity contribution < 1.29 is 18.0 Å². The molecule has 1 atom stereocenters. The fourth-order valence-corrected chi connectivity index (χ4v) is 5.13. The molecule has 35 heavy (non-hydrogen) atoms. The van der Waals surface area contributed by atoms with Crippen molar-refractivity contribution in [1.82, 2.24) is 5.32 Å². The first-order chi connectivity index (χ1) is 16.6. The average molecular weight is 494 g/mol. The van der Waals surface area contributed by atoms with Crippen LogP contribution in [0.3, 0.4) is 0 Å². The molecule has 0 fully saturated rings. The topological polar surface area (TPSA) is 95.6 Å². The molecule has 0 aliphatic carbocycles. The van der Waals surface area contributed by atoms with E-state index in [1.165, 1.54) is 12.1 Å². The van der Waals surface area contributed by atoms with Crippen LogP contribution in [0, 0.1) is 13.8 Å². The summed E-state index contributed by atoms with van der Waals surface area (Å²) in [6, 6.07) is 20.0. The van der Waals surface area contributed by atoms with Crippen molar-refractivity contribution in [2.45, 2.75) is 45.1 Å². The molecule has 0 bridgehead atoms. The Morgan fingerprint density at radius 2 is 1.60 bits per heavy atom. The largest absolute Gasteiger partial charge is 0.350 e. The SMILES string of the molecule is CC[C@H](C)NC(=O)c1ccccc1NC(=O)CN(c1ccc(C)cc1C)S(=O)(=O)c1ccccc1. The predicted molar refractivity (Wildman–Crippen MR) is 139 cm³/mol. The number of para-hydroxylation sites is 1. The first-order valence-electron chi connectivity index (χ1n) is 11.5. The molecule has 0 aliphatic rings. The molecule has 0 radical (unpaired) electrons. The Morgan fingerprint density at radius 1 is 0.943 bits per heavy atom. The van der Waals surface area contributed by atoms with Crippen LogP contribution in [-0.4, -0.2) is 32.8 Å². The molecule has 2 amide bonds. The molecule has 3 aromatic rings. The van der Waals surface area contributed by atoms with E-state index in [9.17, 15) is 18.0 Å². The lowest BCUT2D eigenvalue weighted by atomic mass is 10.1. The summed E-state index contributed by atoms with van der Waals surface area (Å²) in [5.74, 6) is -0.869. The van der Waals surface area contributed by atoms with E-state index in [1.807, 2.05) is 39.8 Å². The third-order valence-electron chi connectivity index (χ3n) is 5.68. The number of aryl methyl sites for hydroxylation is 2. The highest BCUT2D eigenvalue weighted by Gasteiger charge is 2.28. The summed E-state index contributed by atoms with van der Waals surface area (Å²) in [6.07, 6.45) is 0.766. The summed E-state index contributed by atoms with van der Waals surface area (Å²) >= 11 is 0. The lowest BCUT2D eigenvalue weighted by molar-refractivity contribution is -0.114. The van der Waals surface area contributed by atoms with Crippen molar-refractivity contribution in [2.75, 3.05) is 16.2 Å². The van der Waals surface area contributed by atoms with E-state index >= 15 is 0 Å². The van der Waals surface area contributed by atoms with Gasteiger partial charge in [0, 0.05) is 6.04 Å². The molecule has 2 N–H and O–H groups in total. The van der Waals surface area contributed by atoms with Crippen LogP contribution in [0.5, 0.6) is 0 Å². The number of hydrogen-bond acceptors (Lipinski definition) is 4. The van der Waals surface area contributed by atoms with Crippen molar-refractivity contribution >= 4 is 33.2 Å². The Kier molecular flexibility index (Phi) is 8.30. The van der Waals surface area contributed by atoms with Gasteiger partial charge in [-0.3, -0.25) is 13.9 Å². The van der Waals surface area contributed by atoms with E-state index in [1.54, 1.807) is 48.5 Å². The minimum absolute atomic E-state index is 0.0257. The number of carbonyl (C=O) groups is 2. The molecule has 184 valence electrons. The van der Waals surface area contributed by atoms with Crippen LogP contribution >= 0.6 is 0 Å². The first kappa shape index (κ1) is 26.0. The maximum Gasteiger partial charge on any atom is 0.264 e. The summed E-state index contributed by atoms with van der Waals surface area (Å²) < 4.78 is 28.2. The number of hydrogen-bond donors (Lipinski definition) is 2. The minimum atomic E-state index is -4.03. The van der Waals surface area contributed by atoms with Crippen LogP contribution in [0.15, 0.2) is 77.7 Å².